The first-order valence-electron chi connectivity index (χ1n) is 6.08. The molecule has 1 aromatic heterocycles. The van der Waals surface area contributed by atoms with Crippen LogP contribution in [-0.2, 0) is 12.6 Å². The lowest BCUT2D eigenvalue weighted by molar-refractivity contribution is -0.137. The van der Waals surface area contributed by atoms with Crippen LogP contribution in [0.25, 0.3) is 0 Å². The fraction of sp³-hybridized carbons (Fsp3) is 0.214. The third-order valence-corrected chi connectivity index (χ3v) is 3.09. The lowest BCUT2D eigenvalue weighted by Crippen LogP contribution is -2.12. The summed E-state index contributed by atoms with van der Waals surface area (Å²) in [5.41, 5.74) is -1.01. The van der Waals surface area contributed by atoms with Gasteiger partial charge in [0.2, 0.25) is 0 Å². The van der Waals surface area contributed by atoms with Crippen molar-refractivity contribution in [1.82, 2.24) is 0 Å². The van der Waals surface area contributed by atoms with E-state index in [2.05, 4.69) is 5.32 Å². The van der Waals surface area contributed by atoms with Crippen molar-refractivity contribution in [3.63, 3.8) is 0 Å². The number of aryl methyl sites for hydroxylation is 1. The summed E-state index contributed by atoms with van der Waals surface area (Å²) in [6, 6.07) is 6.26. The van der Waals surface area contributed by atoms with Gasteiger partial charge in [0.15, 0.2) is 5.76 Å². The first kappa shape index (κ1) is 15.4. The van der Waals surface area contributed by atoms with Crippen molar-refractivity contribution in [1.29, 1.82) is 0 Å². The third kappa shape index (κ3) is 3.58. The molecule has 0 saturated heterocycles. The fourth-order valence-electron chi connectivity index (χ4n) is 1.70. The summed E-state index contributed by atoms with van der Waals surface area (Å²) in [4.78, 5) is 11.9. The van der Waals surface area contributed by atoms with E-state index in [-0.39, 0.29) is 11.4 Å². The van der Waals surface area contributed by atoms with Crippen molar-refractivity contribution >= 4 is 23.2 Å². The van der Waals surface area contributed by atoms with Crippen LogP contribution < -0.4 is 5.32 Å². The van der Waals surface area contributed by atoms with Gasteiger partial charge in [-0.1, -0.05) is 18.5 Å². The van der Waals surface area contributed by atoms with E-state index >= 15 is 0 Å². The number of halogens is 4. The second-order valence-corrected chi connectivity index (χ2v) is 4.67. The summed E-state index contributed by atoms with van der Waals surface area (Å²) in [5, 5.41) is 1.92. The summed E-state index contributed by atoms with van der Waals surface area (Å²) in [6.07, 6.45) is -3.97. The molecule has 2 aromatic rings. The van der Waals surface area contributed by atoms with Crippen LogP contribution in [0.5, 0.6) is 0 Å². The maximum absolute atomic E-state index is 12.7. The summed E-state index contributed by atoms with van der Waals surface area (Å²) >= 11 is 5.51. The van der Waals surface area contributed by atoms with Gasteiger partial charge in [-0.3, -0.25) is 4.79 Å². The molecule has 3 nitrogen and oxygen atoms in total. The van der Waals surface area contributed by atoms with Gasteiger partial charge in [-0.05, 0) is 30.3 Å². The second-order valence-electron chi connectivity index (χ2n) is 4.27. The van der Waals surface area contributed by atoms with Gasteiger partial charge in [0.1, 0.15) is 5.76 Å². The number of amides is 1. The molecule has 7 heteroatoms. The molecule has 21 heavy (non-hydrogen) atoms. The van der Waals surface area contributed by atoms with Gasteiger partial charge in [-0.15, -0.1) is 0 Å². The van der Waals surface area contributed by atoms with Crippen LogP contribution in [0.1, 0.15) is 28.8 Å². The number of anilines is 1. The molecule has 0 aliphatic rings. The lowest BCUT2D eigenvalue weighted by atomic mass is 10.2. The fourth-order valence-corrected chi connectivity index (χ4v) is 1.93. The molecule has 2 rings (SSSR count). The highest BCUT2D eigenvalue weighted by molar-refractivity contribution is 6.31. The number of hydrogen-bond acceptors (Lipinski definition) is 2. The van der Waals surface area contributed by atoms with Gasteiger partial charge >= 0.3 is 6.18 Å². The van der Waals surface area contributed by atoms with Crippen molar-refractivity contribution in [2.45, 2.75) is 19.5 Å². The molecule has 1 aromatic carbocycles. The molecular formula is C14H11ClF3NO2. The van der Waals surface area contributed by atoms with Gasteiger partial charge in [0.05, 0.1) is 10.6 Å². The topological polar surface area (TPSA) is 42.2 Å². The van der Waals surface area contributed by atoms with Crippen molar-refractivity contribution in [2.24, 2.45) is 0 Å². The van der Waals surface area contributed by atoms with Crippen LogP contribution in [0.2, 0.25) is 5.02 Å². The van der Waals surface area contributed by atoms with E-state index in [4.69, 9.17) is 16.0 Å². The van der Waals surface area contributed by atoms with E-state index in [1.54, 1.807) is 6.07 Å². The number of furan rings is 1. The monoisotopic (exact) mass is 317 g/mol. The minimum absolute atomic E-state index is 0.00817. The van der Waals surface area contributed by atoms with Crippen molar-refractivity contribution in [3.8, 4) is 0 Å². The Morgan fingerprint density at radius 3 is 2.57 bits per heavy atom. The summed E-state index contributed by atoms with van der Waals surface area (Å²) in [5.74, 6) is 0.0349. The van der Waals surface area contributed by atoms with Crippen LogP contribution >= 0.6 is 11.6 Å². The van der Waals surface area contributed by atoms with E-state index in [1.165, 1.54) is 12.1 Å². The standard InChI is InChI=1S/C14H11ClF3NO2/c1-2-9-4-6-12(21-9)13(20)19-8-3-5-11(15)10(7-8)14(16,17)18/h3-7H,2H2,1H3,(H,19,20). The Bertz CT molecular complexity index is 664. The summed E-state index contributed by atoms with van der Waals surface area (Å²) in [6.45, 7) is 1.86. The van der Waals surface area contributed by atoms with Crippen molar-refractivity contribution < 1.29 is 22.4 Å². The van der Waals surface area contributed by atoms with E-state index < -0.39 is 22.7 Å². The Labute approximate surface area is 123 Å². The largest absolute Gasteiger partial charge is 0.456 e. The van der Waals surface area contributed by atoms with Gasteiger partial charge in [0.25, 0.3) is 5.91 Å². The molecule has 1 N–H and O–H groups in total. The van der Waals surface area contributed by atoms with Gasteiger partial charge in [0, 0.05) is 12.1 Å². The Hall–Kier alpha value is -1.95. The molecule has 1 heterocycles. The zero-order valence-electron chi connectivity index (χ0n) is 10.9. The maximum atomic E-state index is 12.7. The molecule has 112 valence electrons. The van der Waals surface area contributed by atoms with Gasteiger partial charge < -0.3 is 9.73 Å². The van der Waals surface area contributed by atoms with Gasteiger partial charge in [-0.2, -0.15) is 13.2 Å². The van der Waals surface area contributed by atoms with Crippen LogP contribution in [0, 0.1) is 0 Å². The molecule has 0 unspecified atom stereocenters. The Morgan fingerprint density at radius 2 is 2.00 bits per heavy atom. The molecule has 0 fully saturated rings. The molecule has 0 bridgehead atoms. The van der Waals surface area contributed by atoms with E-state index in [9.17, 15) is 18.0 Å². The average Bonchev–Trinajstić information content (AvgIpc) is 2.88. The number of carbonyl (C=O) groups is 1. The molecule has 0 spiro atoms. The van der Waals surface area contributed by atoms with E-state index in [0.717, 1.165) is 12.1 Å². The molecule has 0 aliphatic carbocycles. The van der Waals surface area contributed by atoms with Crippen LogP contribution in [0.3, 0.4) is 0 Å². The van der Waals surface area contributed by atoms with Crippen LogP contribution in [-0.4, -0.2) is 5.91 Å². The lowest BCUT2D eigenvalue weighted by Gasteiger charge is -2.11. The summed E-state index contributed by atoms with van der Waals surface area (Å²) < 4.78 is 43.4. The number of benzene rings is 1. The molecule has 0 saturated carbocycles. The highest BCUT2D eigenvalue weighted by Crippen LogP contribution is 2.36. The number of carbonyl (C=O) groups excluding carboxylic acids is 1. The average molecular weight is 318 g/mol. The predicted octanol–water partition coefficient (Wildman–Crippen LogP) is 4.77. The number of nitrogens with one attached hydrogen (secondary N) is 1. The maximum Gasteiger partial charge on any atom is 0.417 e. The summed E-state index contributed by atoms with van der Waals surface area (Å²) in [7, 11) is 0. The first-order chi connectivity index (χ1) is 9.81. The molecule has 0 radical (unpaired) electrons. The second kappa shape index (κ2) is 5.81. The van der Waals surface area contributed by atoms with E-state index in [1.807, 2.05) is 6.92 Å². The predicted molar refractivity (Wildman–Crippen MR) is 72.5 cm³/mol. The van der Waals surface area contributed by atoms with E-state index in [0.29, 0.717) is 12.2 Å². The smallest absolute Gasteiger partial charge is 0.417 e. The highest BCUT2D eigenvalue weighted by atomic mass is 35.5. The molecule has 0 atom stereocenters. The number of rotatable bonds is 3. The third-order valence-electron chi connectivity index (χ3n) is 2.76. The highest BCUT2D eigenvalue weighted by Gasteiger charge is 2.33. The SMILES string of the molecule is CCc1ccc(C(=O)Nc2ccc(Cl)c(C(F)(F)F)c2)o1. The van der Waals surface area contributed by atoms with Crippen molar-refractivity contribution in [2.75, 3.05) is 5.32 Å². The minimum Gasteiger partial charge on any atom is -0.456 e. The van der Waals surface area contributed by atoms with Crippen molar-refractivity contribution in [3.05, 3.63) is 52.4 Å². The zero-order valence-corrected chi connectivity index (χ0v) is 11.7. The Balaban J connectivity index is 2.21. The molecule has 0 aliphatic heterocycles. The zero-order chi connectivity index (χ0) is 15.6. The van der Waals surface area contributed by atoms with Crippen LogP contribution in [0.4, 0.5) is 18.9 Å². The quantitative estimate of drug-likeness (QED) is 0.886. The number of alkyl halides is 3. The molecular weight excluding hydrogens is 307 g/mol. The Kier molecular flexibility index (Phi) is 4.27. The first-order valence-corrected chi connectivity index (χ1v) is 6.46. The molecule has 1 amide bonds. The van der Waals surface area contributed by atoms with Crippen LogP contribution in [0.15, 0.2) is 34.7 Å². The van der Waals surface area contributed by atoms with Gasteiger partial charge in [-0.25, -0.2) is 0 Å². The Morgan fingerprint density at radius 1 is 1.29 bits per heavy atom. The number of hydrogen-bond donors (Lipinski definition) is 1. The normalized spacial score (nSPS) is 11.5. The minimum atomic E-state index is -4.59.